The first-order chi connectivity index (χ1) is 11.4. The van der Waals surface area contributed by atoms with Gasteiger partial charge in [-0.15, -0.1) is 0 Å². The summed E-state index contributed by atoms with van der Waals surface area (Å²) < 4.78 is 0. The number of hydrogen-bond acceptors (Lipinski definition) is 2. The topological polar surface area (TPSA) is 40.5 Å². The summed E-state index contributed by atoms with van der Waals surface area (Å²) in [5.41, 5.74) is 3.32. The zero-order valence-electron chi connectivity index (χ0n) is 16.4. The summed E-state index contributed by atoms with van der Waals surface area (Å²) in [5, 5.41) is 19.9. The van der Waals surface area contributed by atoms with E-state index >= 15 is 0 Å². The minimum atomic E-state index is -0.687. The third-order valence-corrected chi connectivity index (χ3v) is 4.62. The molecular formula is C23H32O2. The van der Waals surface area contributed by atoms with Gasteiger partial charge in [-0.1, -0.05) is 62.4 Å². The standard InChI is InChI=1S/C23H32O2/c1-21(2,24)15-17-7-11-19(12-8-17)23(5,6)20-13-9-18(10-14-20)16-22(3,4)25/h7-14,24-25H,15-16H2,1-6H3. The van der Waals surface area contributed by atoms with Gasteiger partial charge in [-0.25, -0.2) is 0 Å². The molecule has 0 bridgehead atoms. The second-order valence-electron chi connectivity index (χ2n) is 9.00. The molecule has 0 saturated carbocycles. The lowest BCUT2D eigenvalue weighted by molar-refractivity contribution is 0.0803. The van der Waals surface area contributed by atoms with Crippen LogP contribution in [0, 0.1) is 0 Å². The molecule has 0 heterocycles. The van der Waals surface area contributed by atoms with E-state index in [0.29, 0.717) is 12.8 Å². The minimum Gasteiger partial charge on any atom is -0.390 e. The largest absolute Gasteiger partial charge is 0.390 e. The average Bonchev–Trinajstić information content (AvgIpc) is 2.45. The highest BCUT2D eigenvalue weighted by atomic mass is 16.3. The maximum Gasteiger partial charge on any atom is 0.0631 e. The zero-order valence-corrected chi connectivity index (χ0v) is 16.4. The van der Waals surface area contributed by atoms with Crippen molar-refractivity contribution < 1.29 is 10.2 Å². The first-order valence-corrected chi connectivity index (χ1v) is 9.00. The van der Waals surface area contributed by atoms with Gasteiger partial charge in [0.1, 0.15) is 0 Å². The second kappa shape index (κ2) is 6.93. The Balaban J connectivity index is 2.20. The van der Waals surface area contributed by atoms with Crippen molar-refractivity contribution >= 4 is 0 Å². The van der Waals surface area contributed by atoms with Crippen molar-refractivity contribution in [1.82, 2.24) is 0 Å². The summed E-state index contributed by atoms with van der Waals surface area (Å²) in [7, 11) is 0. The summed E-state index contributed by atoms with van der Waals surface area (Å²) in [4.78, 5) is 0. The van der Waals surface area contributed by atoms with E-state index in [2.05, 4.69) is 62.4 Å². The van der Waals surface area contributed by atoms with Crippen LogP contribution in [-0.2, 0) is 18.3 Å². The third-order valence-electron chi connectivity index (χ3n) is 4.62. The van der Waals surface area contributed by atoms with E-state index < -0.39 is 11.2 Å². The fourth-order valence-corrected chi connectivity index (χ4v) is 3.24. The molecule has 0 aromatic heterocycles. The van der Waals surface area contributed by atoms with Gasteiger partial charge in [0.2, 0.25) is 0 Å². The van der Waals surface area contributed by atoms with E-state index in [9.17, 15) is 10.2 Å². The Hall–Kier alpha value is -1.64. The molecule has 2 N–H and O–H groups in total. The van der Waals surface area contributed by atoms with Crippen molar-refractivity contribution in [2.45, 2.75) is 71.0 Å². The Kier molecular flexibility index (Phi) is 5.46. The summed E-state index contributed by atoms with van der Waals surface area (Å²) in [6.45, 7) is 11.8. The number of hydrogen-bond donors (Lipinski definition) is 2. The van der Waals surface area contributed by atoms with E-state index in [4.69, 9.17) is 0 Å². The molecule has 0 fully saturated rings. The number of aliphatic hydroxyl groups is 2. The molecule has 0 amide bonds. The first-order valence-electron chi connectivity index (χ1n) is 9.00. The van der Waals surface area contributed by atoms with Gasteiger partial charge in [-0.3, -0.25) is 0 Å². The van der Waals surface area contributed by atoms with Gasteiger partial charge in [-0.2, -0.15) is 0 Å². The van der Waals surface area contributed by atoms with Crippen molar-refractivity contribution in [1.29, 1.82) is 0 Å². The van der Waals surface area contributed by atoms with Crippen molar-refractivity contribution in [2.24, 2.45) is 0 Å². The molecule has 25 heavy (non-hydrogen) atoms. The highest BCUT2D eigenvalue weighted by Gasteiger charge is 2.24. The maximum absolute atomic E-state index is 9.97. The van der Waals surface area contributed by atoms with Gasteiger partial charge in [-0.05, 0) is 49.9 Å². The lowest BCUT2D eigenvalue weighted by Crippen LogP contribution is -2.23. The molecule has 2 nitrogen and oxygen atoms in total. The fraction of sp³-hybridized carbons (Fsp3) is 0.478. The molecule has 0 spiro atoms. The van der Waals surface area contributed by atoms with E-state index in [-0.39, 0.29) is 5.41 Å². The Morgan fingerprint density at radius 3 is 1.08 bits per heavy atom. The number of benzene rings is 2. The predicted molar refractivity (Wildman–Crippen MR) is 105 cm³/mol. The third kappa shape index (κ3) is 5.69. The van der Waals surface area contributed by atoms with Crippen LogP contribution in [0.5, 0.6) is 0 Å². The van der Waals surface area contributed by atoms with Crippen LogP contribution in [0.1, 0.15) is 63.8 Å². The molecule has 2 aromatic rings. The zero-order chi connectivity index (χ0) is 18.9. The van der Waals surface area contributed by atoms with Gasteiger partial charge in [0.15, 0.2) is 0 Å². The van der Waals surface area contributed by atoms with Gasteiger partial charge in [0.25, 0.3) is 0 Å². The molecule has 2 rings (SSSR count). The van der Waals surface area contributed by atoms with Crippen LogP contribution in [0.4, 0.5) is 0 Å². The van der Waals surface area contributed by atoms with Crippen LogP contribution in [0.25, 0.3) is 0 Å². The van der Waals surface area contributed by atoms with Crippen LogP contribution >= 0.6 is 0 Å². The minimum absolute atomic E-state index is 0.0967. The lowest BCUT2D eigenvalue weighted by Gasteiger charge is -2.27. The summed E-state index contributed by atoms with van der Waals surface area (Å²) in [6, 6.07) is 17.1. The lowest BCUT2D eigenvalue weighted by atomic mass is 9.77. The monoisotopic (exact) mass is 340 g/mol. The first kappa shape index (κ1) is 19.7. The predicted octanol–water partition coefficient (Wildman–Crippen LogP) is 4.64. The van der Waals surface area contributed by atoms with Crippen molar-refractivity contribution in [3.8, 4) is 0 Å². The molecule has 0 aliphatic carbocycles. The van der Waals surface area contributed by atoms with Crippen LogP contribution < -0.4 is 0 Å². The highest BCUT2D eigenvalue weighted by molar-refractivity contribution is 5.40. The number of rotatable bonds is 6. The molecule has 0 saturated heterocycles. The highest BCUT2D eigenvalue weighted by Crippen LogP contribution is 2.32. The summed E-state index contributed by atoms with van der Waals surface area (Å²) in [6.07, 6.45) is 1.30. The van der Waals surface area contributed by atoms with Gasteiger partial charge < -0.3 is 10.2 Å². The Labute approximate surface area is 152 Å². The molecule has 2 aromatic carbocycles. The van der Waals surface area contributed by atoms with Crippen molar-refractivity contribution in [2.75, 3.05) is 0 Å². The van der Waals surface area contributed by atoms with Crippen LogP contribution in [0.2, 0.25) is 0 Å². The van der Waals surface area contributed by atoms with Crippen LogP contribution in [-0.4, -0.2) is 21.4 Å². The van der Waals surface area contributed by atoms with Gasteiger partial charge >= 0.3 is 0 Å². The Morgan fingerprint density at radius 1 is 0.560 bits per heavy atom. The van der Waals surface area contributed by atoms with E-state index in [1.54, 1.807) is 0 Å². The van der Waals surface area contributed by atoms with Crippen molar-refractivity contribution in [3.05, 3.63) is 70.8 Å². The molecular weight excluding hydrogens is 308 g/mol. The van der Waals surface area contributed by atoms with Crippen molar-refractivity contribution in [3.63, 3.8) is 0 Å². The quantitative estimate of drug-likeness (QED) is 0.804. The summed E-state index contributed by atoms with van der Waals surface area (Å²) >= 11 is 0. The van der Waals surface area contributed by atoms with Gasteiger partial charge in [0, 0.05) is 18.3 Å². The van der Waals surface area contributed by atoms with Crippen LogP contribution in [0.15, 0.2) is 48.5 Å². The van der Waals surface area contributed by atoms with Gasteiger partial charge in [0.05, 0.1) is 11.2 Å². The van der Waals surface area contributed by atoms with E-state index in [0.717, 1.165) is 11.1 Å². The normalized spacial score (nSPS) is 13.1. The van der Waals surface area contributed by atoms with E-state index in [1.807, 2.05) is 27.7 Å². The molecule has 0 aliphatic heterocycles. The molecule has 0 radical (unpaired) electrons. The Morgan fingerprint density at radius 2 is 0.840 bits per heavy atom. The Bertz CT molecular complexity index is 619. The second-order valence-corrected chi connectivity index (χ2v) is 9.00. The molecule has 2 heteroatoms. The SMILES string of the molecule is CC(C)(O)Cc1ccc(C(C)(C)c2ccc(CC(C)(C)O)cc2)cc1. The molecule has 136 valence electrons. The smallest absolute Gasteiger partial charge is 0.0631 e. The fourth-order valence-electron chi connectivity index (χ4n) is 3.24. The molecule has 0 unspecified atom stereocenters. The molecule has 0 aliphatic rings. The average molecular weight is 341 g/mol. The van der Waals surface area contributed by atoms with Crippen LogP contribution in [0.3, 0.4) is 0 Å². The summed E-state index contributed by atoms with van der Waals surface area (Å²) in [5.74, 6) is 0. The molecule has 0 atom stereocenters. The van der Waals surface area contributed by atoms with E-state index in [1.165, 1.54) is 11.1 Å². The maximum atomic E-state index is 9.97.